The molecule has 0 aliphatic carbocycles. The van der Waals surface area contributed by atoms with E-state index < -0.39 is 35.6 Å². The first kappa shape index (κ1) is 29.3. The normalized spacial score (nSPS) is 19.6. The summed E-state index contributed by atoms with van der Waals surface area (Å²) in [6.07, 6.45) is 1.02. The average molecular weight is 581 g/mol. The van der Waals surface area contributed by atoms with Crippen LogP contribution in [-0.2, 0) is 22.4 Å². The lowest BCUT2D eigenvalue weighted by Crippen LogP contribution is -2.36. The zero-order valence-corrected chi connectivity index (χ0v) is 24.0. The number of aryl methyl sites for hydroxylation is 2. The Bertz CT molecular complexity index is 1500. The maximum atomic E-state index is 15.5. The molecular formula is C32H34F2N2O6. The van der Waals surface area contributed by atoms with Crippen molar-refractivity contribution < 1.29 is 37.7 Å². The largest absolute Gasteiger partial charge is 0.497 e. The number of nitrogens with zero attached hydrogens (tertiary/aromatic N) is 1. The number of carbonyl (C=O) groups excluding carboxylic acids is 1. The number of hydrogen-bond donors (Lipinski definition) is 2. The molecule has 2 aliphatic rings. The van der Waals surface area contributed by atoms with Crippen LogP contribution in [0.25, 0.3) is 0 Å². The highest BCUT2D eigenvalue weighted by Crippen LogP contribution is 2.50. The predicted molar refractivity (Wildman–Crippen MR) is 152 cm³/mol. The van der Waals surface area contributed by atoms with Gasteiger partial charge in [0.25, 0.3) is 0 Å². The van der Waals surface area contributed by atoms with Crippen LogP contribution in [0, 0.1) is 24.5 Å². The third-order valence-corrected chi connectivity index (χ3v) is 8.28. The van der Waals surface area contributed by atoms with E-state index in [2.05, 4.69) is 5.32 Å². The molecule has 0 spiro atoms. The molecule has 1 saturated heterocycles. The van der Waals surface area contributed by atoms with Crippen molar-refractivity contribution in [3.63, 3.8) is 0 Å². The Morgan fingerprint density at radius 2 is 1.74 bits per heavy atom. The van der Waals surface area contributed by atoms with Crippen molar-refractivity contribution in [3.8, 4) is 17.2 Å². The van der Waals surface area contributed by atoms with Crippen LogP contribution in [0.2, 0.25) is 0 Å². The molecule has 8 nitrogen and oxygen atoms in total. The third kappa shape index (κ3) is 5.38. The lowest BCUT2D eigenvalue weighted by Gasteiger charge is -2.27. The number of benzene rings is 3. The molecule has 1 fully saturated rings. The summed E-state index contributed by atoms with van der Waals surface area (Å²) in [6.45, 7) is 5.63. The van der Waals surface area contributed by atoms with Gasteiger partial charge < -0.3 is 24.6 Å². The Morgan fingerprint density at radius 3 is 2.36 bits per heavy atom. The van der Waals surface area contributed by atoms with Crippen molar-refractivity contribution in [2.75, 3.05) is 32.3 Å². The van der Waals surface area contributed by atoms with Gasteiger partial charge in [0.05, 0.1) is 25.6 Å². The van der Waals surface area contributed by atoms with E-state index in [1.807, 2.05) is 26.8 Å². The molecule has 42 heavy (non-hydrogen) atoms. The first-order valence-corrected chi connectivity index (χ1v) is 14.0. The molecular weight excluding hydrogens is 546 g/mol. The van der Waals surface area contributed by atoms with Crippen molar-refractivity contribution in [1.82, 2.24) is 4.90 Å². The number of likely N-dealkylation sites (tertiary alicyclic amines) is 1. The van der Waals surface area contributed by atoms with E-state index in [9.17, 15) is 19.1 Å². The quantitative estimate of drug-likeness (QED) is 0.339. The molecule has 1 unspecified atom stereocenters. The Kier molecular flexibility index (Phi) is 8.36. The minimum absolute atomic E-state index is 0.0709. The van der Waals surface area contributed by atoms with Gasteiger partial charge in [-0.15, -0.1) is 0 Å². The minimum atomic E-state index is -1.11. The van der Waals surface area contributed by atoms with Gasteiger partial charge in [-0.1, -0.05) is 26.0 Å². The van der Waals surface area contributed by atoms with Gasteiger partial charge in [0, 0.05) is 29.8 Å². The number of halogens is 2. The zero-order valence-electron chi connectivity index (χ0n) is 24.0. The van der Waals surface area contributed by atoms with Gasteiger partial charge in [-0.25, -0.2) is 8.78 Å². The second-order valence-electron chi connectivity index (χ2n) is 10.6. The second-order valence-corrected chi connectivity index (χ2v) is 10.6. The molecule has 2 aliphatic heterocycles. The molecule has 3 aromatic carbocycles. The number of anilines is 1. The predicted octanol–water partition coefficient (Wildman–Crippen LogP) is 5.62. The number of carboxylic acids is 1. The van der Waals surface area contributed by atoms with Crippen molar-refractivity contribution in [2.24, 2.45) is 5.92 Å². The number of amides is 1. The van der Waals surface area contributed by atoms with Gasteiger partial charge >= 0.3 is 5.97 Å². The number of fused-ring (bicyclic) bond motifs is 1. The number of aliphatic carboxylic acids is 1. The molecule has 0 aromatic heterocycles. The topological polar surface area (TPSA) is 97.3 Å². The first-order chi connectivity index (χ1) is 20.2. The van der Waals surface area contributed by atoms with Gasteiger partial charge in [-0.05, 0) is 66.3 Å². The highest BCUT2D eigenvalue weighted by atomic mass is 19.1. The number of hydrogen-bond acceptors (Lipinski definition) is 6. The summed E-state index contributed by atoms with van der Waals surface area (Å²) < 4.78 is 46.0. The molecule has 5 rings (SSSR count). The van der Waals surface area contributed by atoms with Crippen molar-refractivity contribution in [3.05, 3.63) is 81.9 Å². The average Bonchev–Trinajstić information content (AvgIpc) is 3.59. The summed E-state index contributed by atoms with van der Waals surface area (Å²) in [4.78, 5) is 28.2. The minimum Gasteiger partial charge on any atom is -0.497 e. The van der Waals surface area contributed by atoms with Crippen LogP contribution in [0.1, 0.15) is 53.6 Å². The van der Waals surface area contributed by atoms with Gasteiger partial charge in [0.2, 0.25) is 12.7 Å². The molecule has 2 N–H and O–H groups in total. The third-order valence-electron chi connectivity index (χ3n) is 8.28. The Hall–Kier alpha value is -4.18. The first-order valence-electron chi connectivity index (χ1n) is 14.0. The summed E-state index contributed by atoms with van der Waals surface area (Å²) in [6, 6.07) is 9.71. The highest BCUT2D eigenvalue weighted by Gasteiger charge is 2.49. The van der Waals surface area contributed by atoms with E-state index in [-0.39, 0.29) is 31.3 Å². The lowest BCUT2D eigenvalue weighted by atomic mass is 9.81. The summed E-state index contributed by atoms with van der Waals surface area (Å²) in [5, 5.41) is 13.5. The summed E-state index contributed by atoms with van der Waals surface area (Å²) in [7, 11) is 1.42. The molecule has 3 aromatic rings. The van der Waals surface area contributed by atoms with E-state index in [0.29, 0.717) is 46.9 Å². The number of nitrogens with one attached hydrogen (secondary N) is 1. The van der Waals surface area contributed by atoms with Crippen LogP contribution in [0.4, 0.5) is 14.5 Å². The molecule has 222 valence electrons. The lowest BCUT2D eigenvalue weighted by molar-refractivity contribution is -0.143. The number of carboxylic acid groups (broad SMARTS) is 1. The molecule has 0 radical (unpaired) electrons. The van der Waals surface area contributed by atoms with Gasteiger partial charge in [0.1, 0.15) is 17.4 Å². The highest BCUT2D eigenvalue weighted by molar-refractivity contribution is 5.94. The molecule has 0 saturated carbocycles. The maximum Gasteiger partial charge on any atom is 0.309 e. The second kappa shape index (κ2) is 12.0. The Balaban J connectivity index is 1.54. The van der Waals surface area contributed by atoms with E-state index in [1.54, 1.807) is 17.0 Å². The van der Waals surface area contributed by atoms with Crippen LogP contribution in [-0.4, -0.2) is 48.9 Å². The SMILES string of the molecule is CCc1cc(F)cc(CC)c1NC(=O)CN1C[C@H](c2ccc3c(c2C)OCO3)C(C(=O)O)[C@@H]1c1ccc(OC)cc1F. The van der Waals surface area contributed by atoms with E-state index >= 15 is 4.39 Å². The van der Waals surface area contributed by atoms with E-state index in [1.165, 1.54) is 31.4 Å². The number of carbonyl (C=O) groups is 2. The standard InChI is InChI=1S/C32H34F2N2O6/c1-5-18-11-20(33)12-19(6-2)29(18)35-27(37)15-36-14-24(22-9-10-26-31(17(22)3)42-16-41-26)28(32(38)39)30(36)23-8-7-21(40-4)13-25(23)34/h7-13,24,28,30H,5-6,14-16H2,1-4H3,(H,35,37)(H,38,39)/t24-,28?,30+/m1/s1. The number of rotatable bonds is 9. The summed E-state index contributed by atoms with van der Waals surface area (Å²) in [5.74, 6) is -2.76. The molecule has 2 heterocycles. The molecule has 10 heteroatoms. The number of methoxy groups -OCH3 is 1. The fraction of sp³-hybridized carbons (Fsp3) is 0.375. The molecule has 0 bridgehead atoms. The van der Waals surface area contributed by atoms with Crippen LogP contribution in [0.5, 0.6) is 17.2 Å². The summed E-state index contributed by atoms with van der Waals surface area (Å²) in [5.41, 5.74) is 3.51. The van der Waals surface area contributed by atoms with Crippen molar-refractivity contribution in [2.45, 2.75) is 45.6 Å². The Morgan fingerprint density at radius 1 is 1.05 bits per heavy atom. The fourth-order valence-electron chi connectivity index (χ4n) is 6.29. The van der Waals surface area contributed by atoms with Crippen LogP contribution in [0.3, 0.4) is 0 Å². The maximum absolute atomic E-state index is 15.5. The van der Waals surface area contributed by atoms with Crippen LogP contribution in [0.15, 0.2) is 42.5 Å². The van der Waals surface area contributed by atoms with E-state index in [4.69, 9.17) is 14.2 Å². The monoisotopic (exact) mass is 580 g/mol. The Labute approximate surface area is 243 Å². The van der Waals surface area contributed by atoms with Crippen molar-refractivity contribution in [1.29, 1.82) is 0 Å². The fourth-order valence-corrected chi connectivity index (χ4v) is 6.29. The van der Waals surface area contributed by atoms with Crippen LogP contribution < -0.4 is 19.5 Å². The van der Waals surface area contributed by atoms with Gasteiger partial charge in [-0.3, -0.25) is 14.5 Å². The molecule has 1 amide bonds. The number of ether oxygens (including phenoxy) is 3. The van der Waals surface area contributed by atoms with E-state index in [0.717, 1.165) is 11.1 Å². The zero-order chi connectivity index (χ0) is 30.1. The summed E-state index contributed by atoms with van der Waals surface area (Å²) >= 11 is 0. The van der Waals surface area contributed by atoms with Crippen LogP contribution >= 0.6 is 0 Å². The smallest absolute Gasteiger partial charge is 0.309 e. The molecule has 3 atom stereocenters. The van der Waals surface area contributed by atoms with Gasteiger partial charge in [0.15, 0.2) is 11.5 Å². The van der Waals surface area contributed by atoms with Gasteiger partial charge in [-0.2, -0.15) is 0 Å². The van der Waals surface area contributed by atoms with Crippen molar-refractivity contribution >= 4 is 17.6 Å².